The van der Waals surface area contributed by atoms with Gasteiger partial charge in [0, 0.05) is 10.6 Å². The van der Waals surface area contributed by atoms with Gasteiger partial charge in [-0.25, -0.2) is 12.8 Å². The molecule has 0 aliphatic rings. The Morgan fingerprint density at radius 1 is 1.00 bits per heavy atom. The minimum atomic E-state index is -4.07. The van der Waals surface area contributed by atoms with Gasteiger partial charge in [0.05, 0.1) is 4.90 Å². The van der Waals surface area contributed by atoms with E-state index in [1.165, 1.54) is 24.3 Å². The minimum Gasteiger partial charge on any atom is -0.277 e. The van der Waals surface area contributed by atoms with Crippen molar-refractivity contribution < 1.29 is 27.2 Å². The Balaban J connectivity index is 1.77. The number of hydrazine groups is 1. The summed E-state index contributed by atoms with van der Waals surface area (Å²) in [5.74, 6) is -2.00. The lowest BCUT2D eigenvalue weighted by Crippen LogP contribution is -2.44. The summed E-state index contributed by atoms with van der Waals surface area (Å²) in [5, 5.41) is 0.451. The first-order valence-corrected chi connectivity index (χ1v) is 8.88. The van der Waals surface area contributed by atoms with Crippen LogP contribution in [0.3, 0.4) is 0 Å². The predicted molar refractivity (Wildman–Crippen MR) is 89.7 cm³/mol. The van der Waals surface area contributed by atoms with Crippen LogP contribution in [-0.2, 0) is 19.7 Å². The molecule has 2 aromatic rings. The molecule has 11 heteroatoms. The second kappa shape index (κ2) is 8.72. The summed E-state index contributed by atoms with van der Waals surface area (Å²) in [6.45, 7) is -0.707. The number of hydrogen-bond donors (Lipinski definition) is 3. The van der Waals surface area contributed by atoms with Crippen molar-refractivity contribution in [2.24, 2.45) is 0 Å². The maximum absolute atomic E-state index is 12.8. The van der Waals surface area contributed by atoms with Gasteiger partial charge in [0.25, 0.3) is 21.8 Å². The van der Waals surface area contributed by atoms with Crippen molar-refractivity contribution in [3.8, 4) is 0 Å². The van der Waals surface area contributed by atoms with Crippen LogP contribution in [0.15, 0.2) is 53.4 Å². The Labute approximate surface area is 153 Å². The molecule has 0 heterocycles. The highest BCUT2D eigenvalue weighted by atomic mass is 35.5. The van der Waals surface area contributed by atoms with Gasteiger partial charge in [-0.1, -0.05) is 16.5 Å². The molecule has 0 aliphatic carbocycles. The van der Waals surface area contributed by atoms with Gasteiger partial charge in [0.1, 0.15) is 12.4 Å². The lowest BCUT2D eigenvalue weighted by molar-refractivity contribution is -0.127. The van der Waals surface area contributed by atoms with Crippen molar-refractivity contribution in [2.75, 3.05) is 6.61 Å². The Hall–Kier alpha value is -2.53. The van der Waals surface area contributed by atoms with Gasteiger partial charge in [-0.3, -0.25) is 25.3 Å². The Morgan fingerprint density at radius 3 is 2.23 bits per heavy atom. The van der Waals surface area contributed by atoms with Crippen LogP contribution in [-0.4, -0.2) is 26.8 Å². The Kier molecular flexibility index (Phi) is 6.64. The maximum atomic E-state index is 12.8. The smallest absolute Gasteiger partial charge is 0.269 e. The molecule has 2 aromatic carbocycles. The summed E-state index contributed by atoms with van der Waals surface area (Å²) in [6, 6.07) is 9.92. The molecule has 0 fully saturated rings. The van der Waals surface area contributed by atoms with Gasteiger partial charge >= 0.3 is 0 Å². The molecule has 0 aliphatic heterocycles. The molecule has 0 aromatic heterocycles. The predicted octanol–water partition coefficient (Wildman–Crippen LogP) is 1.15. The number of nitrogens with one attached hydrogen (secondary N) is 3. The number of halogens is 2. The van der Waals surface area contributed by atoms with Gasteiger partial charge in [-0.05, 0) is 48.5 Å². The monoisotopic (exact) mass is 401 g/mol. The molecule has 0 saturated heterocycles. The zero-order valence-corrected chi connectivity index (χ0v) is 14.6. The number of benzene rings is 2. The van der Waals surface area contributed by atoms with Crippen molar-refractivity contribution in [2.45, 2.75) is 4.90 Å². The summed E-state index contributed by atoms with van der Waals surface area (Å²) in [7, 11) is -4.07. The second-order valence-corrected chi connectivity index (χ2v) is 6.92. The molecule has 3 N–H and O–H groups in total. The molecule has 0 spiro atoms. The highest BCUT2D eigenvalue weighted by molar-refractivity contribution is 7.89. The standard InChI is InChI=1S/C15H13ClFN3O5S/c16-11-3-1-10(2-4-11)15(22)19-18-14(21)9-25-20-26(23,24)13-7-5-12(17)6-8-13/h1-8,20H,9H2,(H,18,21)(H,19,22). The zero-order chi connectivity index (χ0) is 19.2. The number of carbonyl (C=O) groups excluding carboxylic acids is 2. The first-order valence-electron chi connectivity index (χ1n) is 7.02. The lowest BCUT2D eigenvalue weighted by atomic mass is 10.2. The largest absolute Gasteiger partial charge is 0.277 e. The maximum Gasteiger partial charge on any atom is 0.269 e. The van der Waals surface area contributed by atoms with E-state index in [9.17, 15) is 22.4 Å². The Bertz CT molecular complexity index is 889. The average Bonchev–Trinajstić information content (AvgIpc) is 2.60. The molecule has 0 radical (unpaired) electrons. The highest BCUT2D eigenvalue weighted by Gasteiger charge is 2.15. The van der Waals surface area contributed by atoms with E-state index in [1.54, 1.807) is 4.89 Å². The highest BCUT2D eigenvalue weighted by Crippen LogP contribution is 2.10. The molecule has 138 valence electrons. The molecule has 0 saturated carbocycles. The first-order chi connectivity index (χ1) is 12.3. The van der Waals surface area contributed by atoms with E-state index in [0.29, 0.717) is 5.02 Å². The van der Waals surface area contributed by atoms with Gasteiger partial charge in [0.2, 0.25) is 0 Å². The zero-order valence-electron chi connectivity index (χ0n) is 13.0. The SMILES string of the molecule is O=C(CONS(=O)(=O)c1ccc(F)cc1)NNC(=O)c1ccc(Cl)cc1. The van der Waals surface area contributed by atoms with Crippen molar-refractivity contribution in [1.82, 2.24) is 15.7 Å². The van der Waals surface area contributed by atoms with Gasteiger partial charge in [0.15, 0.2) is 0 Å². The van der Waals surface area contributed by atoms with Crippen LogP contribution in [0, 0.1) is 5.82 Å². The van der Waals surface area contributed by atoms with Crippen LogP contribution in [0.4, 0.5) is 4.39 Å². The third-order valence-electron chi connectivity index (χ3n) is 2.92. The Morgan fingerprint density at radius 2 is 1.62 bits per heavy atom. The molecule has 2 rings (SSSR count). The molecule has 2 amide bonds. The summed E-state index contributed by atoms with van der Waals surface area (Å²) in [6.07, 6.45) is 0. The van der Waals surface area contributed by atoms with Gasteiger partial charge < -0.3 is 0 Å². The average molecular weight is 402 g/mol. The summed E-state index contributed by atoms with van der Waals surface area (Å²) >= 11 is 5.70. The molecule has 0 bridgehead atoms. The summed E-state index contributed by atoms with van der Waals surface area (Å²) < 4.78 is 36.5. The third kappa shape index (κ3) is 5.77. The van der Waals surface area contributed by atoms with Crippen LogP contribution in [0.1, 0.15) is 10.4 Å². The van der Waals surface area contributed by atoms with Crippen LogP contribution in [0.5, 0.6) is 0 Å². The summed E-state index contributed by atoms with van der Waals surface area (Å²) in [5.41, 5.74) is 4.43. The number of hydrogen-bond acceptors (Lipinski definition) is 5. The van der Waals surface area contributed by atoms with Crippen LogP contribution in [0.2, 0.25) is 5.02 Å². The molecule has 0 atom stereocenters. The topological polar surface area (TPSA) is 114 Å². The molecular weight excluding hydrogens is 389 g/mol. The van der Waals surface area contributed by atoms with Crippen LogP contribution in [0.25, 0.3) is 0 Å². The van der Waals surface area contributed by atoms with Crippen molar-refractivity contribution in [3.05, 3.63) is 64.9 Å². The number of sulfonamides is 1. The first kappa shape index (κ1) is 19.8. The molecule has 26 heavy (non-hydrogen) atoms. The fraction of sp³-hybridized carbons (Fsp3) is 0.0667. The normalized spacial score (nSPS) is 11.0. The molecular formula is C15H13ClFN3O5S. The van der Waals surface area contributed by atoms with Gasteiger partial charge in [-0.15, -0.1) is 0 Å². The van der Waals surface area contributed by atoms with E-state index in [-0.39, 0.29) is 10.5 Å². The summed E-state index contributed by atoms with van der Waals surface area (Å²) in [4.78, 5) is 29.4. The molecule has 8 nitrogen and oxygen atoms in total. The number of amides is 2. The second-order valence-electron chi connectivity index (χ2n) is 4.84. The van der Waals surface area contributed by atoms with Crippen molar-refractivity contribution >= 4 is 33.4 Å². The van der Waals surface area contributed by atoms with E-state index in [4.69, 9.17) is 11.6 Å². The van der Waals surface area contributed by atoms with E-state index >= 15 is 0 Å². The fourth-order valence-corrected chi connectivity index (χ4v) is 2.60. The van der Waals surface area contributed by atoms with E-state index in [1.807, 2.05) is 5.43 Å². The molecule has 0 unspecified atom stereocenters. The quantitative estimate of drug-likeness (QED) is 0.628. The van der Waals surface area contributed by atoms with Crippen molar-refractivity contribution in [3.63, 3.8) is 0 Å². The lowest BCUT2D eigenvalue weighted by Gasteiger charge is -2.09. The minimum absolute atomic E-state index is 0.240. The van der Waals surface area contributed by atoms with Gasteiger partial charge in [-0.2, -0.15) is 0 Å². The van der Waals surface area contributed by atoms with Crippen molar-refractivity contribution in [1.29, 1.82) is 0 Å². The van der Waals surface area contributed by atoms with E-state index in [0.717, 1.165) is 24.3 Å². The third-order valence-corrected chi connectivity index (χ3v) is 4.40. The fourth-order valence-electron chi connectivity index (χ4n) is 1.67. The van der Waals surface area contributed by atoms with Crippen LogP contribution < -0.4 is 15.7 Å². The number of carbonyl (C=O) groups is 2. The van der Waals surface area contributed by atoms with Crippen LogP contribution >= 0.6 is 11.6 Å². The van der Waals surface area contributed by atoms with E-state index < -0.39 is 34.3 Å². The van der Waals surface area contributed by atoms with E-state index in [2.05, 4.69) is 10.3 Å². The number of rotatable bonds is 6.